The molecule has 4 atom stereocenters. The predicted molar refractivity (Wildman–Crippen MR) is 101 cm³/mol. The second-order valence-corrected chi connectivity index (χ2v) is 8.28. The number of carbonyl (C=O) groups excluding carboxylic acids is 2. The first-order chi connectivity index (χ1) is 12.9. The van der Waals surface area contributed by atoms with Crippen LogP contribution >= 0.6 is 0 Å². The van der Waals surface area contributed by atoms with Gasteiger partial charge in [0.05, 0.1) is 12.1 Å². The minimum Gasteiger partial charge on any atom is -0.459 e. The van der Waals surface area contributed by atoms with Crippen LogP contribution < -0.4 is 0 Å². The van der Waals surface area contributed by atoms with Gasteiger partial charge in [-0.1, -0.05) is 11.6 Å². The van der Waals surface area contributed by atoms with Crippen molar-refractivity contribution in [2.24, 2.45) is 0 Å². The fourth-order valence-corrected chi connectivity index (χ4v) is 3.74. The molecule has 2 aliphatic heterocycles. The minimum absolute atomic E-state index is 0.123. The largest absolute Gasteiger partial charge is 0.459 e. The summed E-state index contributed by atoms with van der Waals surface area (Å²) in [6.07, 6.45) is 2.15. The summed E-state index contributed by atoms with van der Waals surface area (Å²) in [4.78, 5) is 26.6. The SMILES string of the molecule is CC(C)=CC(=O)O[C@@H]1CCN2CC=C(COC(=O)[C@@](O)([C@H](C)O)C(C)(C)O)[C@H]12. The van der Waals surface area contributed by atoms with Gasteiger partial charge in [0.15, 0.2) is 0 Å². The summed E-state index contributed by atoms with van der Waals surface area (Å²) < 4.78 is 10.8. The topological polar surface area (TPSA) is 117 Å². The van der Waals surface area contributed by atoms with Crippen molar-refractivity contribution in [1.82, 2.24) is 4.90 Å². The number of aliphatic hydroxyl groups excluding tert-OH is 1. The molecule has 0 amide bonds. The third-order valence-electron chi connectivity index (χ3n) is 5.31. The van der Waals surface area contributed by atoms with Gasteiger partial charge in [-0.2, -0.15) is 0 Å². The van der Waals surface area contributed by atoms with Gasteiger partial charge in [-0.3, -0.25) is 4.90 Å². The Kier molecular flexibility index (Phi) is 6.70. The number of rotatable bonds is 7. The third-order valence-corrected chi connectivity index (χ3v) is 5.31. The van der Waals surface area contributed by atoms with Gasteiger partial charge in [0.25, 0.3) is 0 Å². The van der Waals surface area contributed by atoms with Crippen LogP contribution in [0.2, 0.25) is 0 Å². The highest BCUT2D eigenvalue weighted by Gasteiger charge is 2.54. The standard InChI is InChI=1S/C20H31NO7/c1-12(2)10-16(23)28-15-7-9-21-8-6-14(17(15)21)11-27-18(24)20(26,13(3)22)19(4,5)25/h6,10,13,15,17,22,25-26H,7-9,11H2,1-5H3/t13-,15+,17+,20-/m0/s1. The highest BCUT2D eigenvalue weighted by atomic mass is 16.6. The van der Waals surface area contributed by atoms with E-state index in [0.29, 0.717) is 13.0 Å². The molecule has 0 aromatic carbocycles. The number of ether oxygens (including phenoxy) is 2. The van der Waals surface area contributed by atoms with Crippen LogP contribution in [-0.2, 0) is 19.1 Å². The van der Waals surface area contributed by atoms with Crippen molar-refractivity contribution < 1.29 is 34.4 Å². The van der Waals surface area contributed by atoms with E-state index in [1.165, 1.54) is 26.8 Å². The van der Waals surface area contributed by atoms with Crippen molar-refractivity contribution in [1.29, 1.82) is 0 Å². The second-order valence-electron chi connectivity index (χ2n) is 8.28. The van der Waals surface area contributed by atoms with Gasteiger partial charge in [-0.25, -0.2) is 9.59 Å². The Labute approximate surface area is 165 Å². The van der Waals surface area contributed by atoms with Crippen LogP contribution in [0.15, 0.2) is 23.3 Å². The molecule has 28 heavy (non-hydrogen) atoms. The lowest BCUT2D eigenvalue weighted by molar-refractivity contribution is -0.213. The smallest absolute Gasteiger partial charge is 0.344 e. The molecule has 2 aliphatic rings. The third kappa shape index (κ3) is 4.46. The zero-order valence-corrected chi connectivity index (χ0v) is 17.1. The van der Waals surface area contributed by atoms with Crippen molar-refractivity contribution >= 4 is 11.9 Å². The van der Waals surface area contributed by atoms with Gasteiger partial charge < -0.3 is 24.8 Å². The summed E-state index contributed by atoms with van der Waals surface area (Å²) in [7, 11) is 0. The summed E-state index contributed by atoms with van der Waals surface area (Å²) >= 11 is 0. The van der Waals surface area contributed by atoms with Crippen molar-refractivity contribution in [3.8, 4) is 0 Å². The maximum Gasteiger partial charge on any atom is 0.344 e. The molecule has 0 saturated carbocycles. The van der Waals surface area contributed by atoms with E-state index in [-0.39, 0.29) is 18.8 Å². The molecule has 1 saturated heterocycles. The predicted octanol–water partition coefficient (Wildman–Crippen LogP) is 0.305. The molecule has 158 valence electrons. The lowest BCUT2D eigenvalue weighted by Gasteiger charge is -2.38. The first kappa shape index (κ1) is 22.5. The fraction of sp³-hybridized carbons (Fsp3) is 0.700. The molecule has 8 heteroatoms. The van der Waals surface area contributed by atoms with Gasteiger partial charge in [-0.05, 0) is 46.6 Å². The zero-order valence-electron chi connectivity index (χ0n) is 17.1. The van der Waals surface area contributed by atoms with Crippen LogP contribution in [0.4, 0.5) is 0 Å². The summed E-state index contributed by atoms with van der Waals surface area (Å²) in [6.45, 7) is 8.59. The van der Waals surface area contributed by atoms with Crippen LogP contribution in [0.3, 0.4) is 0 Å². The van der Waals surface area contributed by atoms with Gasteiger partial charge in [0, 0.05) is 19.2 Å². The molecule has 0 bridgehead atoms. The molecular weight excluding hydrogens is 366 g/mol. The molecule has 2 rings (SSSR count). The molecule has 0 unspecified atom stereocenters. The van der Waals surface area contributed by atoms with Crippen LogP contribution in [0.1, 0.15) is 41.0 Å². The molecule has 0 aromatic rings. The van der Waals surface area contributed by atoms with Crippen molar-refractivity contribution in [2.45, 2.75) is 70.5 Å². The van der Waals surface area contributed by atoms with Gasteiger partial charge in [0.1, 0.15) is 18.3 Å². The van der Waals surface area contributed by atoms with E-state index < -0.39 is 29.2 Å². The normalized spacial score (nSPS) is 25.4. The molecule has 0 radical (unpaired) electrons. The van der Waals surface area contributed by atoms with Crippen LogP contribution in [0, 0.1) is 0 Å². The number of esters is 2. The number of fused-ring (bicyclic) bond motifs is 1. The quantitative estimate of drug-likeness (QED) is 0.319. The van der Waals surface area contributed by atoms with E-state index in [2.05, 4.69) is 4.90 Å². The van der Waals surface area contributed by atoms with E-state index in [4.69, 9.17) is 9.47 Å². The minimum atomic E-state index is -2.46. The maximum atomic E-state index is 12.5. The second kappa shape index (κ2) is 8.32. The summed E-state index contributed by atoms with van der Waals surface area (Å²) in [5, 5.41) is 30.5. The van der Waals surface area contributed by atoms with E-state index in [0.717, 1.165) is 17.7 Å². The summed E-state index contributed by atoms with van der Waals surface area (Å²) in [5.41, 5.74) is -2.74. The highest BCUT2D eigenvalue weighted by molar-refractivity contribution is 5.83. The van der Waals surface area contributed by atoms with Crippen molar-refractivity contribution in [2.75, 3.05) is 19.7 Å². The van der Waals surface area contributed by atoms with Gasteiger partial charge in [0.2, 0.25) is 5.60 Å². The number of allylic oxidation sites excluding steroid dienone is 1. The van der Waals surface area contributed by atoms with Crippen LogP contribution in [-0.4, -0.2) is 81.3 Å². The Morgan fingerprint density at radius 1 is 1.36 bits per heavy atom. The van der Waals surface area contributed by atoms with Crippen LogP contribution in [0.25, 0.3) is 0 Å². The van der Waals surface area contributed by atoms with E-state index >= 15 is 0 Å². The Hall–Kier alpha value is -1.74. The lowest BCUT2D eigenvalue weighted by Crippen LogP contribution is -2.63. The van der Waals surface area contributed by atoms with Gasteiger partial charge >= 0.3 is 11.9 Å². The number of hydrogen-bond donors (Lipinski definition) is 3. The Morgan fingerprint density at radius 2 is 2.00 bits per heavy atom. The number of hydrogen-bond acceptors (Lipinski definition) is 8. The summed E-state index contributed by atoms with van der Waals surface area (Å²) in [5.74, 6) is -1.51. The fourth-order valence-electron chi connectivity index (χ4n) is 3.74. The van der Waals surface area contributed by atoms with E-state index in [9.17, 15) is 24.9 Å². The summed E-state index contributed by atoms with van der Waals surface area (Å²) in [6, 6.07) is -0.191. The molecule has 8 nitrogen and oxygen atoms in total. The molecule has 1 fully saturated rings. The molecule has 0 aromatic heterocycles. The Balaban J connectivity index is 2.05. The first-order valence-corrected chi connectivity index (χ1v) is 9.46. The molecule has 2 heterocycles. The average molecular weight is 397 g/mol. The number of carbonyl (C=O) groups is 2. The number of aliphatic hydroxyl groups is 3. The lowest BCUT2D eigenvalue weighted by atomic mass is 9.81. The van der Waals surface area contributed by atoms with E-state index in [1.807, 2.05) is 19.9 Å². The maximum absolute atomic E-state index is 12.5. The molecule has 3 N–H and O–H groups in total. The highest BCUT2D eigenvalue weighted by Crippen LogP contribution is 2.33. The van der Waals surface area contributed by atoms with Gasteiger partial charge in [-0.15, -0.1) is 0 Å². The Bertz CT molecular complexity index is 673. The zero-order chi connectivity index (χ0) is 21.3. The molecule has 0 aliphatic carbocycles. The first-order valence-electron chi connectivity index (χ1n) is 9.46. The van der Waals surface area contributed by atoms with Crippen LogP contribution in [0.5, 0.6) is 0 Å². The molecular formula is C20H31NO7. The monoisotopic (exact) mass is 397 g/mol. The van der Waals surface area contributed by atoms with Crippen molar-refractivity contribution in [3.05, 3.63) is 23.3 Å². The van der Waals surface area contributed by atoms with E-state index in [1.54, 1.807) is 0 Å². The number of nitrogens with zero attached hydrogens (tertiary/aromatic N) is 1. The van der Waals surface area contributed by atoms with Crippen molar-refractivity contribution in [3.63, 3.8) is 0 Å². The molecule has 0 spiro atoms. The average Bonchev–Trinajstić information content (AvgIpc) is 3.13. The Morgan fingerprint density at radius 3 is 2.54 bits per heavy atom.